The largest absolute Gasteiger partial charge is 1.00 e. The molecule has 0 aromatic heterocycles. The Balaban J connectivity index is -0.00000420. The smallest absolute Gasteiger partial charge is 0.756 e. The van der Waals surface area contributed by atoms with Crippen LogP contribution in [0.4, 0.5) is 0 Å². The molecule has 0 rings (SSSR count). The van der Waals surface area contributed by atoms with Gasteiger partial charge in [0.25, 0.3) is 7.82 Å². The Morgan fingerprint density at radius 3 is 1.72 bits per heavy atom. The summed E-state index contributed by atoms with van der Waals surface area (Å²) in [6.07, 6.45) is 3.33. The van der Waals surface area contributed by atoms with Crippen molar-refractivity contribution in [2.24, 2.45) is 0 Å². The molecule has 1 atom stereocenters. The molecule has 32 heavy (non-hydrogen) atoms. The van der Waals surface area contributed by atoms with Gasteiger partial charge >= 0.3 is 59.2 Å². The Hall–Kier alpha value is 2.24. The predicted octanol–water partition coefficient (Wildman–Crippen LogP) is -3.68. The van der Waals surface area contributed by atoms with Crippen LogP contribution in [0, 0.1) is 0 Å². The standard InChI is InChI=1S/C15H36N2O11P2.K.V/c18-29(19,20)27-7-4-2-1-3-5-16-15-17-6-8-24-9-10-25-11-12-26-13-14-28-30(21,22)23;;/h16-17H,1-15H2,(H2,18,19,20)(H2,21,22,23);;/q;+1;/p-1. The monoisotopic (exact) mass is 571 g/mol. The molecule has 0 saturated heterocycles. The quantitative estimate of drug-likeness (QED) is 0.0350. The van der Waals surface area contributed by atoms with Gasteiger partial charge in [0, 0.05) is 31.8 Å². The maximum Gasteiger partial charge on any atom is 1.00 e. The molecule has 1 radical (unpaired) electrons. The molecule has 13 nitrogen and oxygen atoms in total. The molecule has 0 aromatic carbocycles. The van der Waals surface area contributed by atoms with E-state index in [0.717, 1.165) is 25.8 Å². The summed E-state index contributed by atoms with van der Waals surface area (Å²) in [6, 6.07) is 0. The van der Waals surface area contributed by atoms with Gasteiger partial charge in [0.15, 0.2) is 0 Å². The van der Waals surface area contributed by atoms with E-state index in [4.69, 9.17) is 28.9 Å². The number of hydrogen-bond donors (Lipinski definition) is 5. The molecular weight excluding hydrogens is 536 g/mol. The van der Waals surface area contributed by atoms with Gasteiger partial charge in [-0.25, -0.2) is 4.57 Å². The van der Waals surface area contributed by atoms with E-state index in [2.05, 4.69) is 19.7 Å². The van der Waals surface area contributed by atoms with Crippen molar-refractivity contribution in [1.29, 1.82) is 0 Å². The van der Waals surface area contributed by atoms with Crippen molar-refractivity contribution in [3.8, 4) is 0 Å². The molecule has 0 spiro atoms. The van der Waals surface area contributed by atoms with Gasteiger partial charge in [-0.1, -0.05) is 12.8 Å². The van der Waals surface area contributed by atoms with Crippen molar-refractivity contribution in [3.05, 3.63) is 0 Å². The number of hydrogen-bond acceptors (Lipinski definition) is 10. The Morgan fingerprint density at radius 1 is 0.656 bits per heavy atom. The summed E-state index contributed by atoms with van der Waals surface area (Å²) in [6.45, 7) is 4.22. The maximum atomic E-state index is 10.4. The van der Waals surface area contributed by atoms with Gasteiger partial charge in [-0.05, 0) is 19.4 Å². The number of ether oxygens (including phenoxy) is 3. The molecule has 0 heterocycles. The molecule has 0 bridgehead atoms. The Kier molecular flexibility index (Phi) is 31.9. The third kappa shape index (κ3) is 36.8. The van der Waals surface area contributed by atoms with Crippen molar-refractivity contribution < 1.29 is 122 Å². The number of phosphoric ester groups is 2. The van der Waals surface area contributed by atoms with E-state index < -0.39 is 15.6 Å². The fraction of sp³-hybridized carbons (Fsp3) is 1.00. The molecule has 5 N–H and O–H groups in total. The molecule has 0 aliphatic heterocycles. The summed E-state index contributed by atoms with van der Waals surface area (Å²) in [4.78, 5) is 35.7. The van der Waals surface area contributed by atoms with Crippen molar-refractivity contribution >= 4 is 15.6 Å². The molecule has 0 aromatic rings. The Bertz CT molecular complexity index is 446. The van der Waals surface area contributed by atoms with Gasteiger partial charge in [0.05, 0.1) is 52.9 Å². The first-order valence-electron chi connectivity index (χ1n) is 9.74. The Labute approximate surface area is 244 Å². The van der Waals surface area contributed by atoms with Crippen LogP contribution < -0.4 is 66.9 Å². The maximum absolute atomic E-state index is 10.4. The van der Waals surface area contributed by atoms with Crippen LogP contribution >= 0.6 is 15.6 Å². The number of phosphoric acid groups is 2. The first kappa shape index (κ1) is 38.8. The van der Waals surface area contributed by atoms with E-state index in [1.54, 1.807) is 0 Å². The minimum atomic E-state index is -4.58. The molecule has 0 aliphatic rings. The normalized spacial score (nSPS) is 13.2. The van der Waals surface area contributed by atoms with Gasteiger partial charge in [-0.2, -0.15) is 0 Å². The summed E-state index contributed by atoms with van der Waals surface area (Å²) in [7, 11) is -9.01. The van der Waals surface area contributed by atoms with Gasteiger partial charge in [-0.15, -0.1) is 0 Å². The van der Waals surface area contributed by atoms with Gasteiger partial charge in [0.1, 0.15) is 0 Å². The SMILES string of the molecule is O=P([O-])(O)OCCCCCCNCNCCOCCOCCOCCOP(=O)(O)O.[K+].[V]. The zero-order valence-electron chi connectivity index (χ0n) is 18.6. The summed E-state index contributed by atoms with van der Waals surface area (Å²) in [5.74, 6) is 0. The van der Waals surface area contributed by atoms with Crippen LogP contribution in [-0.2, 0) is 50.9 Å². The molecule has 17 heteroatoms. The molecule has 0 amide bonds. The van der Waals surface area contributed by atoms with Crippen molar-refractivity contribution in [3.63, 3.8) is 0 Å². The first-order valence-corrected chi connectivity index (χ1v) is 12.8. The van der Waals surface area contributed by atoms with E-state index in [-0.39, 0.29) is 89.8 Å². The molecule has 0 fully saturated rings. The second-order valence-electron chi connectivity index (χ2n) is 6.05. The minimum Gasteiger partial charge on any atom is -0.756 e. The van der Waals surface area contributed by atoms with E-state index in [9.17, 15) is 14.0 Å². The molecular formula is C15H35KN2O11P2V. The summed E-state index contributed by atoms with van der Waals surface area (Å²) in [5, 5.41) is 6.40. The number of rotatable bonds is 23. The van der Waals surface area contributed by atoms with Gasteiger partial charge in [0.2, 0.25) is 0 Å². The van der Waals surface area contributed by atoms with Crippen molar-refractivity contribution in [1.82, 2.24) is 10.6 Å². The van der Waals surface area contributed by atoms with Crippen LogP contribution in [0.1, 0.15) is 25.7 Å². The van der Waals surface area contributed by atoms with Crippen molar-refractivity contribution in [2.45, 2.75) is 25.7 Å². The zero-order chi connectivity index (χ0) is 22.6. The van der Waals surface area contributed by atoms with Crippen LogP contribution in [0.15, 0.2) is 0 Å². The predicted molar refractivity (Wildman–Crippen MR) is 106 cm³/mol. The fourth-order valence-corrected chi connectivity index (χ4v) is 2.72. The van der Waals surface area contributed by atoms with E-state index in [1.807, 2.05) is 0 Å². The van der Waals surface area contributed by atoms with Crippen molar-refractivity contribution in [2.75, 3.05) is 72.6 Å². The third-order valence-corrected chi connectivity index (χ3v) is 4.43. The third-order valence-electron chi connectivity index (χ3n) is 3.41. The number of nitrogens with one attached hydrogen (secondary N) is 2. The van der Waals surface area contributed by atoms with Gasteiger partial charge in [-0.3, -0.25) is 9.09 Å². The number of unbranched alkanes of at least 4 members (excludes halogenated alkanes) is 3. The molecule has 187 valence electrons. The zero-order valence-corrected chi connectivity index (χ0v) is 24.9. The van der Waals surface area contributed by atoms with E-state index >= 15 is 0 Å². The summed E-state index contributed by atoms with van der Waals surface area (Å²) in [5.41, 5.74) is 0. The molecule has 0 aliphatic carbocycles. The van der Waals surface area contributed by atoms with Crippen LogP contribution in [0.3, 0.4) is 0 Å². The summed E-state index contributed by atoms with van der Waals surface area (Å²) < 4.78 is 45.0. The Morgan fingerprint density at radius 2 is 1.16 bits per heavy atom. The second-order valence-corrected chi connectivity index (χ2v) is 8.49. The van der Waals surface area contributed by atoms with Crippen LogP contribution in [0.25, 0.3) is 0 Å². The van der Waals surface area contributed by atoms with Crippen LogP contribution in [0.2, 0.25) is 0 Å². The van der Waals surface area contributed by atoms with E-state index in [1.165, 1.54) is 0 Å². The topological polar surface area (TPSA) is 188 Å². The average Bonchev–Trinajstić information content (AvgIpc) is 2.64. The fourth-order valence-electron chi connectivity index (χ4n) is 2.05. The van der Waals surface area contributed by atoms with Crippen LogP contribution in [-0.4, -0.2) is 87.3 Å². The van der Waals surface area contributed by atoms with Crippen LogP contribution in [0.5, 0.6) is 0 Å². The summed E-state index contributed by atoms with van der Waals surface area (Å²) >= 11 is 0. The first-order chi connectivity index (χ1) is 14.2. The van der Waals surface area contributed by atoms with Gasteiger partial charge < -0.3 is 48.9 Å². The van der Waals surface area contributed by atoms with E-state index in [0.29, 0.717) is 52.7 Å². The molecule has 0 saturated carbocycles. The average molecular weight is 571 g/mol. The molecule has 1 unspecified atom stereocenters. The minimum absolute atomic E-state index is 0. The second kappa shape index (κ2) is 26.3.